The van der Waals surface area contributed by atoms with Gasteiger partial charge in [-0.3, -0.25) is 9.58 Å². The Hall–Kier alpha value is -1.59. The first-order chi connectivity index (χ1) is 10.9. The van der Waals surface area contributed by atoms with Gasteiger partial charge in [0, 0.05) is 37.4 Å². The SMILES string of the molecule is CCn1nc(C)c(CN(CCN(C)C)Cc2ccc(C)o2)c1C. The van der Waals surface area contributed by atoms with Crippen molar-refractivity contribution in [1.29, 1.82) is 0 Å². The van der Waals surface area contributed by atoms with Crippen LogP contribution in [0.15, 0.2) is 16.5 Å². The molecule has 23 heavy (non-hydrogen) atoms. The highest BCUT2D eigenvalue weighted by Crippen LogP contribution is 2.18. The Kier molecular flexibility index (Phi) is 6.02. The van der Waals surface area contributed by atoms with Gasteiger partial charge in [0.1, 0.15) is 11.5 Å². The van der Waals surface area contributed by atoms with Gasteiger partial charge in [-0.1, -0.05) is 0 Å². The van der Waals surface area contributed by atoms with Gasteiger partial charge in [-0.05, 0) is 53.9 Å². The average molecular weight is 318 g/mol. The molecule has 2 aromatic rings. The molecule has 5 nitrogen and oxygen atoms in total. The molecule has 5 heteroatoms. The molecule has 2 aromatic heterocycles. The summed E-state index contributed by atoms with van der Waals surface area (Å²) in [6.07, 6.45) is 0. The predicted molar refractivity (Wildman–Crippen MR) is 93.5 cm³/mol. The smallest absolute Gasteiger partial charge is 0.118 e. The number of furan rings is 1. The fraction of sp³-hybridized carbons (Fsp3) is 0.611. The Morgan fingerprint density at radius 2 is 1.83 bits per heavy atom. The lowest BCUT2D eigenvalue weighted by Crippen LogP contribution is -2.31. The van der Waals surface area contributed by atoms with Crippen molar-refractivity contribution in [2.24, 2.45) is 0 Å². The van der Waals surface area contributed by atoms with E-state index in [0.29, 0.717) is 0 Å². The zero-order chi connectivity index (χ0) is 17.0. The number of aryl methyl sites for hydroxylation is 3. The first kappa shape index (κ1) is 17.8. The van der Waals surface area contributed by atoms with Crippen molar-refractivity contribution < 1.29 is 4.42 Å². The van der Waals surface area contributed by atoms with E-state index in [-0.39, 0.29) is 0 Å². The van der Waals surface area contributed by atoms with Gasteiger partial charge in [0.2, 0.25) is 0 Å². The zero-order valence-corrected chi connectivity index (χ0v) is 15.4. The first-order valence-electron chi connectivity index (χ1n) is 8.36. The lowest BCUT2D eigenvalue weighted by Gasteiger charge is -2.23. The monoisotopic (exact) mass is 318 g/mol. The van der Waals surface area contributed by atoms with Crippen LogP contribution in [0.25, 0.3) is 0 Å². The summed E-state index contributed by atoms with van der Waals surface area (Å²) in [5.74, 6) is 2.00. The van der Waals surface area contributed by atoms with Crippen molar-refractivity contribution in [1.82, 2.24) is 19.6 Å². The minimum absolute atomic E-state index is 0.831. The number of hydrogen-bond acceptors (Lipinski definition) is 4. The lowest BCUT2D eigenvalue weighted by molar-refractivity contribution is 0.209. The highest BCUT2D eigenvalue weighted by molar-refractivity contribution is 5.24. The second kappa shape index (κ2) is 7.79. The molecule has 0 bridgehead atoms. The van der Waals surface area contributed by atoms with Crippen LogP contribution in [0.2, 0.25) is 0 Å². The third kappa shape index (κ3) is 4.69. The molecule has 0 unspecified atom stereocenters. The Bertz CT molecular complexity index is 627. The van der Waals surface area contributed by atoms with E-state index in [0.717, 1.165) is 49.9 Å². The van der Waals surface area contributed by atoms with Crippen LogP contribution >= 0.6 is 0 Å². The van der Waals surface area contributed by atoms with E-state index in [1.807, 2.05) is 13.0 Å². The van der Waals surface area contributed by atoms with Gasteiger partial charge in [0.05, 0.1) is 12.2 Å². The second-order valence-corrected chi connectivity index (χ2v) is 6.49. The van der Waals surface area contributed by atoms with Crippen LogP contribution in [-0.2, 0) is 19.6 Å². The standard InChI is InChI=1S/C18H30N4O/c1-7-22-16(4)18(15(3)19-22)13-21(11-10-20(5)6)12-17-9-8-14(2)23-17/h8-9H,7,10-13H2,1-6H3. The zero-order valence-electron chi connectivity index (χ0n) is 15.4. The Labute approximate surface area is 139 Å². The summed E-state index contributed by atoms with van der Waals surface area (Å²) in [4.78, 5) is 4.66. The van der Waals surface area contributed by atoms with Gasteiger partial charge in [0.25, 0.3) is 0 Å². The number of aromatic nitrogens is 2. The minimum atomic E-state index is 0.831. The van der Waals surface area contributed by atoms with E-state index in [4.69, 9.17) is 4.42 Å². The summed E-state index contributed by atoms with van der Waals surface area (Å²) < 4.78 is 7.86. The third-order valence-electron chi connectivity index (χ3n) is 4.25. The Morgan fingerprint density at radius 3 is 2.35 bits per heavy atom. The van der Waals surface area contributed by atoms with Gasteiger partial charge < -0.3 is 9.32 Å². The van der Waals surface area contributed by atoms with Gasteiger partial charge in [-0.25, -0.2) is 0 Å². The largest absolute Gasteiger partial charge is 0.465 e. The molecule has 2 rings (SSSR count). The fourth-order valence-corrected chi connectivity index (χ4v) is 2.84. The quantitative estimate of drug-likeness (QED) is 0.750. The van der Waals surface area contributed by atoms with Crippen LogP contribution in [0, 0.1) is 20.8 Å². The molecule has 0 spiro atoms. The third-order valence-corrected chi connectivity index (χ3v) is 4.25. The maximum Gasteiger partial charge on any atom is 0.118 e. The van der Waals surface area contributed by atoms with E-state index in [9.17, 15) is 0 Å². The molecule has 0 N–H and O–H groups in total. The molecular weight excluding hydrogens is 288 g/mol. The lowest BCUT2D eigenvalue weighted by atomic mass is 10.1. The summed E-state index contributed by atoms with van der Waals surface area (Å²) in [6.45, 7) is 13.1. The molecule has 0 saturated carbocycles. The van der Waals surface area contributed by atoms with Crippen molar-refractivity contribution in [2.45, 2.75) is 47.3 Å². The van der Waals surface area contributed by atoms with Crippen LogP contribution < -0.4 is 0 Å². The molecule has 2 heterocycles. The van der Waals surface area contributed by atoms with E-state index >= 15 is 0 Å². The van der Waals surface area contributed by atoms with Gasteiger partial charge >= 0.3 is 0 Å². The van der Waals surface area contributed by atoms with E-state index in [2.05, 4.69) is 60.5 Å². The molecule has 0 atom stereocenters. The van der Waals surface area contributed by atoms with Crippen LogP contribution in [-0.4, -0.2) is 46.8 Å². The van der Waals surface area contributed by atoms with Crippen LogP contribution in [0.3, 0.4) is 0 Å². The predicted octanol–water partition coefficient (Wildman–Crippen LogP) is 2.99. The molecule has 0 aliphatic rings. The van der Waals surface area contributed by atoms with E-state index < -0.39 is 0 Å². The van der Waals surface area contributed by atoms with Gasteiger partial charge in [0.15, 0.2) is 0 Å². The number of nitrogens with zero attached hydrogens (tertiary/aromatic N) is 4. The van der Waals surface area contributed by atoms with Crippen LogP contribution in [0.1, 0.15) is 35.4 Å². The fourth-order valence-electron chi connectivity index (χ4n) is 2.84. The molecule has 0 aliphatic carbocycles. The average Bonchev–Trinajstić information content (AvgIpc) is 3.02. The molecule has 0 aromatic carbocycles. The van der Waals surface area contributed by atoms with Crippen molar-refractivity contribution >= 4 is 0 Å². The molecule has 0 amide bonds. The summed E-state index contributed by atoms with van der Waals surface area (Å²) in [5, 5.41) is 4.64. The Balaban J connectivity index is 2.14. The van der Waals surface area contributed by atoms with Crippen molar-refractivity contribution in [3.05, 3.63) is 40.6 Å². The number of hydrogen-bond donors (Lipinski definition) is 0. The summed E-state index contributed by atoms with van der Waals surface area (Å²) in [5.41, 5.74) is 3.75. The summed E-state index contributed by atoms with van der Waals surface area (Å²) in [7, 11) is 4.22. The number of likely N-dealkylation sites (N-methyl/N-ethyl adjacent to an activating group) is 1. The maximum atomic E-state index is 5.77. The molecule has 128 valence electrons. The minimum Gasteiger partial charge on any atom is -0.465 e. The van der Waals surface area contributed by atoms with E-state index in [1.54, 1.807) is 0 Å². The maximum absolute atomic E-state index is 5.77. The molecule has 0 fully saturated rings. The van der Waals surface area contributed by atoms with Gasteiger partial charge in [-0.15, -0.1) is 0 Å². The molecular formula is C18H30N4O. The van der Waals surface area contributed by atoms with Crippen LogP contribution in [0.4, 0.5) is 0 Å². The molecule has 0 radical (unpaired) electrons. The highest BCUT2D eigenvalue weighted by atomic mass is 16.3. The summed E-state index contributed by atoms with van der Waals surface area (Å²) >= 11 is 0. The molecule has 0 aliphatic heterocycles. The van der Waals surface area contributed by atoms with Crippen molar-refractivity contribution in [3.8, 4) is 0 Å². The second-order valence-electron chi connectivity index (χ2n) is 6.49. The number of rotatable bonds is 8. The normalized spacial score (nSPS) is 11.8. The highest BCUT2D eigenvalue weighted by Gasteiger charge is 2.16. The first-order valence-corrected chi connectivity index (χ1v) is 8.36. The van der Waals surface area contributed by atoms with E-state index in [1.165, 1.54) is 11.3 Å². The van der Waals surface area contributed by atoms with Crippen molar-refractivity contribution in [3.63, 3.8) is 0 Å². The van der Waals surface area contributed by atoms with Crippen LogP contribution in [0.5, 0.6) is 0 Å². The molecule has 0 saturated heterocycles. The van der Waals surface area contributed by atoms with Gasteiger partial charge in [-0.2, -0.15) is 5.10 Å². The van der Waals surface area contributed by atoms with Crippen molar-refractivity contribution in [2.75, 3.05) is 27.2 Å². The summed E-state index contributed by atoms with van der Waals surface area (Å²) in [6, 6.07) is 4.11. The Morgan fingerprint density at radius 1 is 1.09 bits per heavy atom. The topological polar surface area (TPSA) is 37.4 Å².